The van der Waals surface area contributed by atoms with E-state index in [1.807, 2.05) is 25.1 Å². The Morgan fingerprint density at radius 1 is 1.24 bits per heavy atom. The van der Waals surface area contributed by atoms with Crippen LogP contribution in [0.25, 0.3) is 10.9 Å². The molecule has 0 N–H and O–H groups in total. The zero-order valence-corrected chi connectivity index (χ0v) is 14.9. The number of fused-ring (bicyclic) bond motifs is 1. The first-order chi connectivity index (χ1) is 12.2. The maximum atomic E-state index is 6.19. The fraction of sp³-hybridized carbons (Fsp3) is 0.556. The van der Waals surface area contributed by atoms with Crippen molar-refractivity contribution in [2.24, 2.45) is 0 Å². The van der Waals surface area contributed by atoms with Crippen LogP contribution in [0.1, 0.15) is 26.7 Å². The lowest BCUT2D eigenvalue weighted by atomic mass is 10.1. The minimum absolute atomic E-state index is 0.123. The quantitative estimate of drug-likeness (QED) is 0.712. The Hall–Kier alpha value is -2.12. The van der Waals surface area contributed by atoms with E-state index in [4.69, 9.17) is 23.7 Å². The fourth-order valence-electron chi connectivity index (χ4n) is 2.66. The summed E-state index contributed by atoms with van der Waals surface area (Å²) in [5.41, 5.74) is 0.710. The monoisotopic (exact) mass is 348 g/mol. The summed E-state index contributed by atoms with van der Waals surface area (Å²) in [6, 6.07) is 5.93. The smallest absolute Gasteiger partial charge is 0.322 e. The van der Waals surface area contributed by atoms with Crippen molar-refractivity contribution in [1.29, 1.82) is 0 Å². The maximum Gasteiger partial charge on any atom is 0.322 e. The lowest BCUT2D eigenvalue weighted by Gasteiger charge is -2.24. The molecular weight excluding hydrogens is 324 g/mol. The minimum Gasteiger partial charge on any atom is -0.489 e. The minimum atomic E-state index is -0.450. The molecule has 0 bridgehead atoms. The third-order valence-electron chi connectivity index (χ3n) is 3.98. The van der Waals surface area contributed by atoms with Gasteiger partial charge < -0.3 is 23.7 Å². The molecule has 0 radical (unpaired) electrons. The first-order valence-corrected chi connectivity index (χ1v) is 8.58. The van der Waals surface area contributed by atoms with E-state index >= 15 is 0 Å². The summed E-state index contributed by atoms with van der Waals surface area (Å²) in [4.78, 5) is 8.85. The highest BCUT2D eigenvalue weighted by molar-refractivity contribution is 5.90. The van der Waals surface area contributed by atoms with E-state index in [0.29, 0.717) is 18.0 Å². The highest BCUT2D eigenvalue weighted by Crippen LogP contribution is 2.34. The van der Waals surface area contributed by atoms with E-state index < -0.39 is 6.29 Å². The van der Waals surface area contributed by atoms with Crippen LogP contribution in [-0.2, 0) is 9.47 Å². The summed E-state index contributed by atoms with van der Waals surface area (Å²) >= 11 is 0. The van der Waals surface area contributed by atoms with Gasteiger partial charge in [-0.15, -0.1) is 0 Å². The molecule has 1 aromatic carbocycles. The van der Waals surface area contributed by atoms with Crippen LogP contribution in [0.2, 0.25) is 0 Å². The number of rotatable bonds is 7. The highest BCUT2D eigenvalue weighted by atomic mass is 16.7. The van der Waals surface area contributed by atoms with Gasteiger partial charge >= 0.3 is 6.01 Å². The van der Waals surface area contributed by atoms with Gasteiger partial charge in [-0.25, -0.2) is 0 Å². The lowest BCUT2D eigenvalue weighted by molar-refractivity contribution is -0.0439. The second kappa shape index (κ2) is 8.31. The topological polar surface area (TPSA) is 71.9 Å². The van der Waals surface area contributed by atoms with Crippen LogP contribution < -0.4 is 14.2 Å². The molecule has 0 spiro atoms. The maximum absolute atomic E-state index is 6.19. The Labute approximate surface area is 147 Å². The van der Waals surface area contributed by atoms with Crippen LogP contribution in [0.5, 0.6) is 17.6 Å². The second-order valence-corrected chi connectivity index (χ2v) is 5.75. The van der Waals surface area contributed by atoms with E-state index in [9.17, 15) is 0 Å². The highest BCUT2D eigenvalue weighted by Gasteiger charge is 2.20. The van der Waals surface area contributed by atoms with Crippen LogP contribution in [0.3, 0.4) is 0 Å². The van der Waals surface area contributed by atoms with Gasteiger partial charge in [-0.2, -0.15) is 9.97 Å². The van der Waals surface area contributed by atoms with Gasteiger partial charge in [-0.1, -0.05) is 6.07 Å². The summed E-state index contributed by atoms with van der Waals surface area (Å²) in [6.07, 6.45) is 1.41. The van der Waals surface area contributed by atoms with Crippen LogP contribution in [0.15, 0.2) is 18.2 Å². The Balaban J connectivity index is 1.97. The van der Waals surface area contributed by atoms with Gasteiger partial charge in [0.15, 0.2) is 6.29 Å². The van der Waals surface area contributed by atoms with Gasteiger partial charge in [-0.3, -0.25) is 0 Å². The van der Waals surface area contributed by atoms with E-state index in [-0.39, 0.29) is 12.1 Å². The molecule has 1 aliphatic heterocycles. The predicted molar refractivity (Wildman–Crippen MR) is 92.3 cm³/mol. The molecular formula is C18H24N2O5. The summed E-state index contributed by atoms with van der Waals surface area (Å²) in [7, 11) is 1.56. The van der Waals surface area contributed by atoms with Gasteiger partial charge in [-0.05, 0) is 26.0 Å². The van der Waals surface area contributed by atoms with Crippen molar-refractivity contribution in [1.82, 2.24) is 9.97 Å². The van der Waals surface area contributed by atoms with Gasteiger partial charge in [0.25, 0.3) is 0 Å². The van der Waals surface area contributed by atoms with Crippen LogP contribution in [-0.4, -0.2) is 49.3 Å². The zero-order chi connectivity index (χ0) is 17.6. The van der Waals surface area contributed by atoms with Crippen LogP contribution in [0, 0.1) is 0 Å². The molecule has 0 saturated carbocycles. The molecule has 1 aliphatic rings. The number of benzene rings is 1. The summed E-state index contributed by atoms with van der Waals surface area (Å²) in [5, 5.41) is 0.758. The van der Waals surface area contributed by atoms with E-state index in [2.05, 4.69) is 9.97 Å². The number of hydrogen-bond donors (Lipinski definition) is 0. The number of methoxy groups -OCH3 is 1. The Bertz CT molecular complexity index is 703. The van der Waals surface area contributed by atoms with Gasteiger partial charge in [0.05, 0.1) is 25.3 Å². The molecule has 0 aliphatic carbocycles. The number of ether oxygens (including phenoxy) is 5. The standard InChI is InChI=1S/C18H24N2O5/c1-4-23-17-16-14(19-18(20-17)24-12(2)21-3)6-5-7-15(16)25-13-8-10-22-11-9-13/h5-7,12-13H,4,8-11H2,1-3H3. The fourth-order valence-corrected chi connectivity index (χ4v) is 2.66. The average molecular weight is 348 g/mol. The average Bonchev–Trinajstić information content (AvgIpc) is 2.62. The molecule has 7 heteroatoms. The molecule has 25 heavy (non-hydrogen) atoms. The summed E-state index contributed by atoms with van der Waals surface area (Å²) in [6.45, 7) is 5.61. The molecule has 1 fully saturated rings. The van der Waals surface area contributed by atoms with Crippen LogP contribution >= 0.6 is 0 Å². The molecule has 1 unspecified atom stereocenters. The van der Waals surface area contributed by atoms with Crippen molar-refractivity contribution in [3.63, 3.8) is 0 Å². The molecule has 2 aromatic rings. The summed E-state index contributed by atoms with van der Waals surface area (Å²) in [5.74, 6) is 1.17. The number of hydrogen-bond acceptors (Lipinski definition) is 7. The third kappa shape index (κ3) is 4.29. The Morgan fingerprint density at radius 2 is 2.04 bits per heavy atom. The molecule has 1 aromatic heterocycles. The molecule has 2 heterocycles. The van der Waals surface area contributed by atoms with Crippen LogP contribution in [0.4, 0.5) is 0 Å². The van der Waals surface area contributed by atoms with Gasteiger partial charge in [0, 0.05) is 20.0 Å². The van der Waals surface area contributed by atoms with Crippen molar-refractivity contribution >= 4 is 10.9 Å². The van der Waals surface area contributed by atoms with E-state index in [0.717, 1.165) is 37.2 Å². The van der Waals surface area contributed by atoms with Crippen molar-refractivity contribution in [2.45, 2.75) is 39.1 Å². The molecule has 136 valence electrons. The van der Waals surface area contributed by atoms with Gasteiger partial charge in [0.2, 0.25) is 5.88 Å². The normalized spacial score (nSPS) is 16.6. The largest absolute Gasteiger partial charge is 0.489 e. The van der Waals surface area contributed by atoms with Crippen molar-refractivity contribution in [3.05, 3.63) is 18.2 Å². The third-order valence-corrected chi connectivity index (χ3v) is 3.98. The first-order valence-electron chi connectivity index (χ1n) is 8.58. The molecule has 1 saturated heterocycles. The molecule has 7 nitrogen and oxygen atoms in total. The second-order valence-electron chi connectivity index (χ2n) is 5.75. The van der Waals surface area contributed by atoms with Gasteiger partial charge in [0.1, 0.15) is 17.2 Å². The first kappa shape index (κ1) is 17.7. The summed E-state index contributed by atoms with van der Waals surface area (Å²) < 4.78 is 28.0. The lowest BCUT2D eigenvalue weighted by Crippen LogP contribution is -2.26. The molecule has 0 amide bonds. The zero-order valence-electron chi connectivity index (χ0n) is 14.9. The van der Waals surface area contributed by atoms with Crippen molar-refractivity contribution in [2.75, 3.05) is 26.9 Å². The molecule has 3 rings (SSSR count). The predicted octanol–water partition coefficient (Wildman–Crippen LogP) is 2.96. The molecule has 1 atom stereocenters. The Kier molecular flexibility index (Phi) is 5.88. The van der Waals surface area contributed by atoms with Crippen molar-refractivity contribution in [3.8, 4) is 17.6 Å². The van der Waals surface area contributed by atoms with E-state index in [1.165, 1.54) is 0 Å². The van der Waals surface area contributed by atoms with E-state index in [1.54, 1.807) is 14.0 Å². The Morgan fingerprint density at radius 3 is 2.76 bits per heavy atom. The van der Waals surface area contributed by atoms with Crippen molar-refractivity contribution < 1.29 is 23.7 Å². The number of nitrogens with zero attached hydrogens (tertiary/aromatic N) is 2. The number of aromatic nitrogens is 2. The SMILES string of the molecule is CCOc1nc(OC(C)OC)nc2cccc(OC3CCOCC3)c12.